The molecule has 0 spiro atoms. The third kappa shape index (κ3) is 2.11. The van der Waals surface area contributed by atoms with Crippen LogP contribution in [0.1, 0.15) is 31.5 Å². The predicted molar refractivity (Wildman–Crippen MR) is 86.6 cm³/mol. The van der Waals surface area contributed by atoms with Gasteiger partial charge in [-0.2, -0.15) is 0 Å². The molecule has 1 aliphatic carbocycles. The summed E-state index contributed by atoms with van der Waals surface area (Å²) in [6, 6.07) is 8.26. The van der Waals surface area contributed by atoms with Crippen molar-refractivity contribution in [3.63, 3.8) is 0 Å². The number of rotatable bonds is 3. The summed E-state index contributed by atoms with van der Waals surface area (Å²) in [7, 11) is 0. The average molecular weight is 300 g/mol. The summed E-state index contributed by atoms with van der Waals surface area (Å²) >= 11 is 6.37. The second-order valence-corrected chi connectivity index (χ2v) is 6.83. The maximum absolute atomic E-state index is 6.37. The highest BCUT2D eigenvalue weighted by Gasteiger charge is 2.34. The van der Waals surface area contributed by atoms with Gasteiger partial charge < -0.3 is 4.57 Å². The summed E-state index contributed by atoms with van der Waals surface area (Å²) in [6.45, 7) is 5.32. The average Bonchev–Trinajstić information content (AvgIpc) is 3.03. The van der Waals surface area contributed by atoms with Crippen molar-refractivity contribution in [3.8, 4) is 0 Å². The number of halogens is 1. The number of alkyl halides is 1. The van der Waals surface area contributed by atoms with Gasteiger partial charge >= 0.3 is 0 Å². The summed E-state index contributed by atoms with van der Waals surface area (Å²) in [4.78, 5) is 9.25. The fourth-order valence-electron chi connectivity index (χ4n) is 3.16. The number of hydrogen-bond acceptors (Lipinski definition) is 2. The monoisotopic (exact) mass is 299 g/mol. The van der Waals surface area contributed by atoms with Crippen molar-refractivity contribution in [2.75, 3.05) is 0 Å². The molecule has 4 heteroatoms. The lowest BCUT2D eigenvalue weighted by Crippen LogP contribution is -2.07. The Morgan fingerprint density at radius 2 is 2.10 bits per heavy atom. The maximum atomic E-state index is 6.37. The van der Waals surface area contributed by atoms with Gasteiger partial charge in [0, 0.05) is 11.9 Å². The fraction of sp³-hybridized carbons (Fsp3) is 0.412. The molecule has 0 aliphatic heterocycles. The molecule has 21 heavy (non-hydrogen) atoms. The highest BCUT2D eigenvalue weighted by Crippen LogP contribution is 2.41. The van der Waals surface area contributed by atoms with E-state index in [9.17, 15) is 0 Å². The fourth-order valence-corrected chi connectivity index (χ4v) is 3.32. The first kappa shape index (κ1) is 13.1. The van der Waals surface area contributed by atoms with E-state index >= 15 is 0 Å². The lowest BCUT2D eigenvalue weighted by Gasteiger charge is -2.11. The third-order valence-electron chi connectivity index (χ3n) is 4.56. The molecule has 108 valence electrons. The molecule has 3 nitrogen and oxygen atoms in total. The van der Waals surface area contributed by atoms with Crippen LogP contribution in [0, 0.1) is 11.8 Å². The Hall–Kier alpha value is -1.61. The molecule has 0 bridgehead atoms. The van der Waals surface area contributed by atoms with Crippen LogP contribution in [0.15, 0.2) is 30.5 Å². The summed E-state index contributed by atoms with van der Waals surface area (Å²) in [6.07, 6.45) is 3.17. The van der Waals surface area contributed by atoms with Crippen LogP contribution in [0.4, 0.5) is 0 Å². The minimum Gasteiger partial charge on any atom is -0.326 e. The molecule has 0 N–H and O–H groups in total. The van der Waals surface area contributed by atoms with Crippen molar-refractivity contribution >= 4 is 33.5 Å². The second kappa shape index (κ2) is 4.70. The maximum Gasteiger partial charge on any atom is 0.127 e. The molecule has 3 unspecified atom stereocenters. The molecular weight excluding hydrogens is 282 g/mol. The molecule has 3 aromatic rings. The zero-order valence-electron chi connectivity index (χ0n) is 12.3. The smallest absolute Gasteiger partial charge is 0.127 e. The van der Waals surface area contributed by atoms with Crippen LogP contribution in [0.3, 0.4) is 0 Å². The zero-order valence-corrected chi connectivity index (χ0v) is 13.0. The van der Waals surface area contributed by atoms with E-state index < -0.39 is 0 Å². The minimum atomic E-state index is -0.0924. The molecule has 0 radical (unpaired) electrons. The Morgan fingerprint density at radius 3 is 2.81 bits per heavy atom. The molecule has 1 aliphatic rings. The summed E-state index contributed by atoms with van der Waals surface area (Å²) in [5.74, 6) is 2.53. The Bertz CT molecular complexity index is 821. The van der Waals surface area contributed by atoms with Gasteiger partial charge in [0.2, 0.25) is 0 Å². The van der Waals surface area contributed by atoms with Crippen LogP contribution in [-0.2, 0) is 6.54 Å². The normalized spacial score (nSPS) is 22.8. The Labute approximate surface area is 129 Å². The van der Waals surface area contributed by atoms with Gasteiger partial charge in [0.05, 0.1) is 22.6 Å². The van der Waals surface area contributed by atoms with Gasteiger partial charge in [0.15, 0.2) is 0 Å². The number of benzene rings is 1. The first-order chi connectivity index (χ1) is 10.1. The van der Waals surface area contributed by atoms with Crippen molar-refractivity contribution in [2.24, 2.45) is 11.8 Å². The van der Waals surface area contributed by atoms with Crippen LogP contribution in [0.2, 0.25) is 0 Å². The van der Waals surface area contributed by atoms with E-state index in [1.54, 1.807) is 0 Å². The van der Waals surface area contributed by atoms with Crippen molar-refractivity contribution in [3.05, 3.63) is 36.3 Å². The van der Waals surface area contributed by atoms with E-state index in [1.165, 1.54) is 17.3 Å². The molecule has 0 saturated heterocycles. The molecule has 2 aromatic heterocycles. The largest absolute Gasteiger partial charge is 0.326 e. The number of hydrogen-bond donors (Lipinski definition) is 0. The summed E-state index contributed by atoms with van der Waals surface area (Å²) in [5, 5.41) is 1.07. The first-order valence-electron chi connectivity index (χ1n) is 7.53. The van der Waals surface area contributed by atoms with Crippen molar-refractivity contribution in [1.82, 2.24) is 14.5 Å². The van der Waals surface area contributed by atoms with Gasteiger partial charge in [-0.05, 0) is 31.2 Å². The number of fused-ring (bicyclic) bond motifs is 3. The van der Waals surface area contributed by atoms with Crippen molar-refractivity contribution in [2.45, 2.75) is 32.2 Å². The van der Waals surface area contributed by atoms with E-state index in [0.717, 1.165) is 35.2 Å². The number of nitrogens with zero attached hydrogens (tertiary/aromatic N) is 3. The van der Waals surface area contributed by atoms with Gasteiger partial charge in [-0.3, -0.25) is 4.98 Å². The third-order valence-corrected chi connectivity index (χ3v) is 4.75. The molecule has 2 heterocycles. The molecule has 1 saturated carbocycles. The molecule has 1 aromatic carbocycles. The lowest BCUT2D eigenvalue weighted by atomic mass is 10.2. The van der Waals surface area contributed by atoms with Crippen molar-refractivity contribution < 1.29 is 0 Å². The SMILES string of the molecule is CC(Cl)c1nc2cnc3ccccc3c2n1CC1CC1C. The predicted octanol–water partition coefficient (Wildman–Crippen LogP) is 4.54. The zero-order chi connectivity index (χ0) is 14.6. The number of imidazole rings is 1. The quantitative estimate of drug-likeness (QED) is 0.665. The van der Waals surface area contributed by atoms with Crippen LogP contribution in [0.25, 0.3) is 21.9 Å². The van der Waals surface area contributed by atoms with Gasteiger partial charge in [0.1, 0.15) is 11.3 Å². The highest BCUT2D eigenvalue weighted by molar-refractivity contribution is 6.20. The van der Waals surface area contributed by atoms with E-state index in [-0.39, 0.29) is 5.38 Å². The minimum absolute atomic E-state index is 0.0924. The molecular formula is C17H18ClN3. The van der Waals surface area contributed by atoms with Gasteiger partial charge in [-0.25, -0.2) is 4.98 Å². The van der Waals surface area contributed by atoms with E-state index in [2.05, 4.69) is 34.7 Å². The molecule has 3 atom stereocenters. The Kier molecular flexibility index (Phi) is 2.93. The van der Waals surface area contributed by atoms with Crippen LogP contribution < -0.4 is 0 Å². The highest BCUT2D eigenvalue weighted by atomic mass is 35.5. The number of pyridine rings is 1. The summed E-state index contributed by atoms with van der Waals surface area (Å²) < 4.78 is 2.32. The van der Waals surface area contributed by atoms with Gasteiger partial charge in [0.25, 0.3) is 0 Å². The van der Waals surface area contributed by atoms with Crippen molar-refractivity contribution in [1.29, 1.82) is 0 Å². The summed E-state index contributed by atoms with van der Waals surface area (Å²) in [5.41, 5.74) is 3.15. The Balaban J connectivity index is 2.00. The lowest BCUT2D eigenvalue weighted by molar-refractivity contribution is 0.582. The molecule has 1 fully saturated rings. The standard InChI is InChI=1S/C17H18ClN3/c1-10-7-12(10)9-21-16-13-5-3-4-6-14(13)19-8-15(16)20-17(21)11(2)18/h3-6,8,10-12H,7,9H2,1-2H3. The van der Waals surface area contributed by atoms with Crippen LogP contribution in [-0.4, -0.2) is 14.5 Å². The van der Waals surface area contributed by atoms with Gasteiger partial charge in [-0.1, -0.05) is 25.1 Å². The number of para-hydroxylation sites is 1. The van der Waals surface area contributed by atoms with Crippen LogP contribution >= 0.6 is 11.6 Å². The Morgan fingerprint density at radius 1 is 1.33 bits per heavy atom. The number of aromatic nitrogens is 3. The van der Waals surface area contributed by atoms with Crippen LogP contribution in [0.5, 0.6) is 0 Å². The van der Waals surface area contributed by atoms with E-state index in [4.69, 9.17) is 16.6 Å². The molecule has 4 rings (SSSR count). The van der Waals surface area contributed by atoms with E-state index in [1.807, 2.05) is 19.2 Å². The molecule has 0 amide bonds. The van der Waals surface area contributed by atoms with Gasteiger partial charge in [-0.15, -0.1) is 11.6 Å². The first-order valence-corrected chi connectivity index (χ1v) is 7.96. The van der Waals surface area contributed by atoms with E-state index in [0.29, 0.717) is 0 Å². The topological polar surface area (TPSA) is 30.7 Å². The second-order valence-electron chi connectivity index (χ2n) is 6.18.